The van der Waals surface area contributed by atoms with Gasteiger partial charge in [-0.1, -0.05) is 12.2 Å². The Morgan fingerprint density at radius 3 is 3.00 bits per heavy atom. The Morgan fingerprint density at radius 2 is 2.45 bits per heavy atom. The maximum atomic E-state index is 8.50. The van der Waals surface area contributed by atoms with Crippen LogP contribution < -0.4 is 0 Å². The molecule has 0 fully saturated rings. The second-order valence-electron chi connectivity index (χ2n) is 2.36. The summed E-state index contributed by atoms with van der Waals surface area (Å²) in [6.07, 6.45) is 7.71. The van der Waals surface area contributed by atoms with Gasteiger partial charge in [0.1, 0.15) is 0 Å². The zero-order valence-corrected chi connectivity index (χ0v) is 6.70. The zero-order chi connectivity index (χ0) is 8.10. The summed E-state index contributed by atoms with van der Waals surface area (Å²) >= 11 is 0. The van der Waals surface area contributed by atoms with Crippen molar-refractivity contribution >= 4 is 6.08 Å². The first-order chi connectivity index (χ1) is 5.36. The Hall–Kier alpha value is -1.02. The van der Waals surface area contributed by atoms with Gasteiger partial charge in [0.15, 0.2) is 0 Å². The fourth-order valence-electron chi connectivity index (χ4n) is 0.943. The number of rotatable bonds is 3. The van der Waals surface area contributed by atoms with E-state index in [0.29, 0.717) is 0 Å². The molecule has 0 atom stereocenters. The molecule has 0 radical (unpaired) electrons. The van der Waals surface area contributed by atoms with E-state index in [9.17, 15) is 0 Å². The summed E-state index contributed by atoms with van der Waals surface area (Å²) in [5, 5.41) is 8.50. The fourth-order valence-corrected chi connectivity index (χ4v) is 0.943. The van der Waals surface area contributed by atoms with Crippen LogP contribution in [0.1, 0.15) is 12.5 Å². The highest BCUT2D eigenvalue weighted by molar-refractivity contribution is 5.47. The van der Waals surface area contributed by atoms with Crippen LogP contribution in [0.15, 0.2) is 24.5 Å². The molecule has 0 unspecified atom stereocenters. The van der Waals surface area contributed by atoms with Crippen molar-refractivity contribution < 1.29 is 5.11 Å². The van der Waals surface area contributed by atoms with Gasteiger partial charge < -0.3 is 9.67 Å². The van der Waals surface area contributed by atoms with Crippen LogP contribution in [-0.2, 0) is 6.54 Å². The Bertz CT molecular complexity index is 237. The maximum Gasteiger partial charge on any atom is 0.0615 e. The minimum atomic E-state index is 0.108. The number of aliphatic hydroxyl groups excluding tert-OH is 1. The molecular formula is C9H13NO. The quantitative estimate of drug-likeness (QED) is 0.696. The van der Waals surface area contributed by atoms with Crippen LogP contribution in [0.5, 0.6) is 0 Å². The van der Waals surface area contributed by atoms with Gasteiger partial charge in [-0.25, -0.2) is 0 Å². The van der Waals surface area contributed by atoms with E-state index in [1.807, 2.05) is 24.5 Å². The Labute approximate surface area is 66.8 Å². The van der Waals surface area contributed by atoms with Crippen molar-refractivity contribution in [2.45, 2.75) is 13.5 Å². The average Bonchev–Trinajstić information content (AvgIpc) is 2.48. The van der Waals surface area contributed by atoms with Gasteiger partial charge in [0.2, 0.25) is 0 Å². The molecule has 1 heterocycles. The predicted molar refractivity (Wildman–Crippen MR) is 46.2 cm³/mol. The van der Waals surface area contributed by atoms with Crippen LogP contribution in [0.4, 0.5) is 0 Å². The molecule has 1 rings (SSSR count). The van der Waals surface area contributed by atoms with Crippen molar-refractivity contribution in [3.63, 3.8) is 0 Å². The van der Waals surface area contributed by atoms with Crippen LogP contribution >= 0.6 is 0 Å². The fraction of sp³-hybridized carbons (Fsp3) is 0.333. The van der Waals surface area contributed by atoms with Crippen molar-refractivity contribution in [1.82, 2.24) is 4.57 Å². The molecule has 1 aromatic rings. The van der Waals surface area contributed by atoms with Crippen molar-refractivity contribution in [2.75, 3.05) is 6.61 Å². The van der Waals surface area contributed by atoms with E-state index in [0.717, 1.165) is 12.1 Å². The molecule has 0 saturated heterocycles. The average molecular weight is 151 g/mol. The standard InChI is InChI=1S/C9H13NO/c1-2-10-6-5-9(8-10)4-3-7-11/h3-6,8,11H,2,7H2,1H3/b4-3+. The van der Waals surface area contributed by atoms with Gasteiger partial charge in [0.05, 0.1) is 6.61 Å². The first-order valence-electron chi connectivity index (χ1n) is 3.80. The van der Waals surface area contributed by atoms with Gasteiger partial charge in [-0.05, 0) is 18.6 Å². The second kappa shape index (κ2) is 3.98. The van der Waals surface area contributed by atoms with Crippen LogP contribution in [0.3, 0.4) is 0 Å². The van der Waals surface area contributed by atoms with Gasteiger partial charge in [-0.3, -0.25) is 0 Å². The summed E-state index contributed by atoms with van der Waals surface area (Å²) in [7, 11) is 0. The minimum absolute atomic E-state index is 0.108. The first kappa shape index (κ1) is 8.08. The lowest BCUT2D eigenvalue weighted by atomic mass is 10.3. The topological polar surface area (TPSA) is 25.2 Å². The number of hydrogen-bond donors (Lipinski definition) is 1. The highest BCUT2D eigenvalue weighted by Crippen LogP contribution is 2.02. The van der Waals surface area contributed by atoms with Gasteiger partial charge in [-0.15, -0.1) is 0 Å². The largest absolute Gasteiger partial charge is 0.392 e. The normalized spacial score (nSPS) is 11.1. The minimum Gasteiger partial charge on any atom is -0.392 e. The highest BCUT2D eigenvalue weighted by Gasteiger charge is 1.88. The summed E-state index contributed by atoms with van der Waals surface area (Å²) in [6.45, 7) is 3.20. The van der Waals surface area contributed by atoms with Crippen molar-refractivity contribution in [3.05, 3.63) is 30.1 Å². The van der Waals surface area contributed by atoms with E-state index in [1.165, 1.54) is 0 Å². The van der Waals surface area contributed by atoms with E-state index < -0.39 is 0 Å². The van der Waals surface area contributed by atoms with Crippen molar-refractivity contribution in [1.29, 1.82) is 0 Å². The molecule has 2 nitrogen and oxygen atoms in total. The highest BCUT2D eigenvalue weighted by atomic mass is 16.2. The number of aromatic nitrogens is 1. The molecule has 0 saturated carbocycles. The molecule has 0 spiro atoms. The van der Waals surface area contributed by atoms with E-state index in [4.69, 9.17) is 5.11 Å². The molecule has 0 aromatic carbocycles. The smallest absolute Gasteiger partial charge is 0.0615 e. The molecular weight excluding hydrogens is 138 g/mol. The Kier molecular flexibility index (Phi) is 2.93. The summed E-state index contributed by atoms with van der Waals surface area (Å²) in [4.78, 5) is 0. The van der Waals surface area contributed by atoms with Crippen LogP contribution in [0.25, 0.3) is 6.08 Å². The molecule has 2 heteroatoms. The molecule has 11 heavy (non-hydrogen) atoms. The lowest BCUT2D eigenvalue weighted by molar-refractivity contribution is 0.343. The monoisotopic (exact) mass is 151 g/mol. The molecule has 1 aromatic heterocycles. The molecule has 0 aliphatic heterocycles. The number of nitrogens with zero attached hydrogens (tertiary/aromatic N) is 1. The van der Waals surface area contributed by atoms with Gasteiger partial charge in [-0.2, -0.15) is 0 Å². The lowest BCUT2D eigenvalue weighted by Crippen LogP contribution is -1.86. The lowest BCUT2D eigenvalue weighted by Gasteiger charge is -1.91. The van der Waals surface area contributed by atoms with Crippen molar-refractivity contribution in [3.8, 4) is 0 Å². The number of hydrogen-bond acceptors (Lipinski definition) is 1. The number of aliphatic hydroxyl groups is 1. The third-order valence-electron chi connectivity index (χ3n) is 1.55. The third kappa shape index (κ3) is 2.24. The van der Waals surface area contributed by atoms with E-state index in [-0.39, 0.29) is 6.61 Å². The summed E-state index contributed by atoms with van der Waals surface area (Å²) in [5.74, 6) is 0. The Balaban J connectivity index is 2.65. The number of aryl methyl sites for hydroxylation is 1. The SMILES string of the molecule is CCn1ccc(/C=C/CO)c1. The van der Waals surface area contributed by atoms with Crippen LogP contribution in [0.2, 0.25) is 0 Å². The maximum absolute atomic E-state index is 8.50. The van der Waals surface area contributed by atoms with Gasteiger partial charge in [0, 0.05) is 18.9 Å². The summed E-state index contributed by atoms with van der Waals surface area (Å²) in [5.41, 5.74) is 1.14. The zero-order valence-electron chi connectivity index (χ0n) is 6.70. The second-order valence-corrected chi connectivity index (χ2v) is 2.36. The molecule has 60 valence electrons. The predicted octanol–water partition coefficient (Wildman–Crippen LogP) is 1.51. The van der Waals surface area contributed by atoms with E-state index in [2.05, 4.69) is 11.5 Å². The van der Waals surface area contributed by atoms with Crippen molar-refractivity contribution in [2.24, 2.45) is 0 Å². The summed E-state index contributed by atoms with van der Waals surface area (Å²) in [6, 6.07) is 2.02. The summed E-state index contributed by atoms with van der Waals surface area (Å²) < 4.78 is 2.09. The van der Waals surface area contributed by atoms with E-state index >= 15 is 0 Å². The van der Waals surface area contributed by atoms with Gasteiger partial charge >= 0.3 is 0 Å². The molecule has 0 aliphatic rings. The Morgan fingerprint density at radius 1 is 1.64 bits per heavy atom. The van der Waals surface area contributed by atoms with Crippen LogP contribution in [0, 0.1) is 0 Å². The first-order valence-corrected chi connectivity index (χ1v) is 3.80. The van der Waals surface area contributed by atoms with E-state index in [1.54, 1.807) is 6.08 Å². The molecule has 0 bridgehead atoms. The molecule has 1 N–H and O–H groups in total. The molecule has 0 aliphatic carbocycles. The van der Waals surface area contributed by atoms with Crippen LogP contribution in [-0.4, -0.2) is 16.3 Å². The third-order valence-corrected chi connectivity index (χ3v) is 1.55. The van der Waals surface area contributed by atoms with Gasteiger partial charge in [0.25, 0.3) is 0 Å². The molecule has 0 amide bonds.